The molecule has 0 radical (unpaired) electrons. The Kier molecular flexibility index (Phi) is 4.80. The van der Waals surface area contributed by atoms with Crippen molar-refractivity contribution in [2.75, 3.05) is 13.7 Å². The molecule has 2 unspecified atom stereocenters. The lowest BCUT2D eigenvalue weighted by molar-refractivity contribution is -0.124. The molecule has 1 fully saturated rings. The number of ether oxygens (including phenoxy) is 1. The van der Waals surface area contributed by atoms with Crippen molar-refractivity contribution in [3.8, 4) is 5.75 Å². The Balaban J connectivity index is 1.95. The second-order valence-electron chi connectivity index (χ2n) is 5.01. The summed E-state index contributed by atoms with van der Waals surface area (Å²) in [7, 11) is 1.65. The molecule has 1 saturated heterocycles. The minimum Gasteiger partial charge on any atom is -0.497 e. The molecule has 0 aliphatic carbocycles. The monoisotopic (exact) mass is 262 g/mol. The molecule has 4 nitrogen and oxygen atoms in total. The van der Waals surface area contributed by atoms with E-state index in [0.717, 1.165) is 37.1 Å². The second-order valence-corrected chi connectivity index (χ2v) is 5.01. The highest BCUT2D eigenvalue weighted by molar-refractivity contribution is 5.82. The van der Waals surface area contributed by atoms with Crippen LogP contribution < -0.4 is 15.4 Å². The number of hydrogen-bond acceptors (Lipinski definition) is 3. The third kappa shape index (κ3) is 3.70. The molecule has 1 aromatic carbocycles. The standard InChI is InChI=1S/C15H22N2O2/c1-11(12-6-5-7-13(10-12)19-2)17-15(18)14-8-3-4-9-16-14/h5-7,10-11,14,16H,3-4,8-9H2,1-2H3,(H,17,18). The SMILES string of the molecule is COc1cccc(C(C)NC(=O)C2CCCCN2)c1. The molecule has 1 amide bonds. The molecule has 2 rings (SSSR count). The van der Waals surface area contributed by atoms with Crippen LogP contribution in [0.4, 0.5) is 0 Å². The van der Waals surface area contributed by atoms with Crippen LogP contribution in [0.3, 0.4) is 0 Å². The Hall–Kier alpha value is -1.55. The van der Waals surface area contributed by atoms with Crippen LogP contribution in [0.15, 0.2) is 24.3 Å². The molecule has 1 aliphatic heterocycles. The fourth-order valence-electron chi connectivity index (χ4n) is 2.38. The van der Waals surface area contributed by atoms with Gasteiger partial charge in [0.05, 0.1) is 19.2 Å². The first-order valence-corrected chi connectivity index (χ1v) is 6.88. The molecule has 1 heterocycles. The summed E-state index contributed by atoms with van der Waals surface area (Å²) in [6.45, 7) is 2.93. The highest BCUT2D eigenvalue weighted by atomic mass is 16.5. The van der Waals surface area contributed by atoms with Gasteiger partial charge in [-0.25, -0.2) is 0 Å². The van der Waals surface area contributed by atoms with Crippen LogP contribution in [0.2, 0.25) is 0 Å². The Morgan fingerprint density at radius 3 is 3.00 bits per heavy atom. The van der Waals surface area contributed by atoms with Gasteiger partial charge in [0.2, 0.25) is 5.91 Å². The van der Waals surface area contributed by atoms with Crippen molar-refractivity contribution >= 4 is 5.91 Å². The molecule has 0 saturated carbocycles. The van der Waals surface area contributed by atoms with Crippen LogP contribution in [0.25, 0.3) is 0 Å². The quantitative estimate of drug-likeness (QED) is 0.872. The van der Waals surface area contributed by atoms with Gasteiger partial charge in [0, 0.05) is 0 Å². The maximum Gasteiger partial charge on any atom is 0.237 e. The molecule has 0 bridgehead atoms. The van der Waals surface area contributed by atoms with Crippen molar-refractivity contribution in [1.29, 1.82) is 0 Å². The summed E-state index contributed by atoms with van der Waals surface area (Å²) in [5.74, 6) is 0.907. The molecule has 2 N–H and O–H groups in total. The van der Waals surface area contributed by atoms with Gasteiger partial charge in [-0.15, -0.1) is 0 Å². The number of hydrogen-bond donors (Lipinski definition) is 2. The maximum atomic E-state index is 12.1. The third-order valence-electron chi connectivity index (χ3n) is 3.58. The van der Waals surface area contributed by atoms with Crippen molar-refractivity contribution in [2.24, 2.45) is 0 Å². The van der Waals surface area contributed by atoms with E-state index in [1.54, 1.807) is 7.11 Å². The van der Waals surface area contributed by atoms with E-state index in [9.17, 15) is 4.79 Å². The van der Waals surface area contributed by atoms with Crippen molar-refractivity contribution in [2.45, 2.75) is 38.3 Å². The van der Waals surface area contributed by atoms with Crippen molar-refractivity contribution in [3.63, 3.8) is 0 Å². The van der Waals surface area contributed by atoms with Gasteiger partial charge in [-0.2, -0.15) is 0 Å². The third-order valence-corrected chi connectivity index (χ3v) is 3.58. The maximum absolute atomic E-state index is 12.1. The fraction of sp³-hybridized carbons (Fsp3) is 0.533. The lowest BCUT2D eigenvalue weighted by Crippen LogP contribution is -2.47. The van der Waals surface area contributed by atoms with Gasteiger partial charge in [0.25, 0.3) is 0 Å². The predicted octanol–water partition coefficient (Wildman–Crippen LogP) is 2.01. The Bertz CT molecular complexity index is 428. The average Bonchev–Trinajstić information content (AvgIpc) is 2.48. The van der Waals surface area contributed by atoms with E-state index >= 15 is 0 Å². The lowest BCUT2D eigenvalue weighted by atomic mass is 10.0. The Labute approximate surface area is 114 Å². The van der Waals surface area contributed by atoms with Crippen molar-refractivity contribution < 1.29 is 9.53 Å². The number of amides is 1. The fourth-order valence-corrected chi connectivity index (χ4v) is 2.38. The zero-order chi connectivity index (χ0) is 13.7. The minimum absolute atomic E-state index is 0.00803. The molecule has 0 spiro atoms. The summed E-state index contributed by atoms with van der Waals surface area (Å²) in [6.07, 6.45) is 3.21. The number of nitrogens with one attached hydrogen (secondary N) is 2. The summed E-state index contributed by atoms with van der Waals surface area (Å²) in [6, 6.07) is 7.75. The highest BCUT2D eigenvalue weighted by Gasteiger charge is 2.22. The smallest absolute Gasteiger partial charge is 0.237 e. The van der Waals surface area contributed by atoms with Gasteiger partial charge in [-0.3, -0.25) is 4.79 Å². The molecule has 0 aromatic heterocycles. The highest BCUT2D eigenvalue weighted by Crippen LogP contribution is 2.19. The van der Waals surface area contributed by atoms with Gasteiger partial charge in [0.15, 0.2) is 0 Å². The van der Waals surface area contributed by atoms with E-state index in [-0.39, 0.29) is 18.0 Å². The zero-order valence-corrected chi connectivity index (χ0v) is 11.6. The number of carbonyl (C=O) groups is 1. The van der Waals surface area contributed by atoms with E-state index in [1.807, 2.05) is 31.2 Å². The van der Waals surface area contributed by atoms with E-state index in [2.05, 4.69) is 10.6 Å². The first kappa shape index (κ1) is 13.9. The van der Waals surface area contributed by atoms with Crippen LogP contribution in [0.1, 0.15) is 37.8 Å². The van der Waals surface area contributed by atoms with E-state index < -0.39 is 0 Å². The first-order chi connectivity index (χ1) is 9.20. The largest absolute Gasteiger partial charge is 0.497 e. The summed E-state index contributed by atoms with van der Waals surface area (Å²) in [5.41, 5.74) is 1.06. The van der Waals surface area contributed by atoms with Gasteiger partial charge in [-0.1, -0.05) is 18.6 Å². The van der Waals surface area contributed by atoms with Crippen molar-refractivity contribution in [1.82, 2.24) is 10.6 Å². The summed E-state index contributed by atoms with van der Waals surface area (Å²) >= 11 is 0. The number of rotatable bonds is 4. The molecule has 2 atom stereocenters. The van der Waals surface area contributed by atoms with Crippen molar-refractivity contribution in [3.05, 3.63) is 29.8 Å². The second kappa shape index (κ2) is 6.57. The van der Waals surface area contributed by atoms with Crippen LogP contribution in [-0.2, 0) is 4.79 Å². The van der Waals surface area contributed by atoms with Crippen LogP contribution in [0, 0.1) is 0 Å². The number of piperidine rings is 1. The van der Waals surface area contributed by atoms with Gasteiger partial charge >= 0.3 is 0 Å². The topological polar surface area (TPSA) is 50.4 Å². The average molecular weight is 262 g/mol. The normalized spacial score (nSPS) is 20.6. The number of carbonyl (C=O) groups excluding carboxylic acids is 1. The summed E-state index contributed by atoms with van der Waals surface area (Å²) < 4.78 is 5.20. The van der Waals surface area contributed by atoms with E-state index in [1.165, 1.54) is 0 Å². The molecule has 104 valence electrons. The molecular formula is C15H22N2O2. The zero-order valence-electron chi connectivity index (χ0n) is 11.6. The summed E-state index contributed by atoms with van der Waals surface area (Å²) in [5, 5.41) is 6.32. The van der Waals surface area contributed by atoms with Gasteiger partial charge in [0.1, 0.15) is 5.75 Å². The molecule has 1 aliphatic rings. The van der Waals surface area contributed by atoms with Crippen LogP contribution >= 0.6 is 0 Å². The first-order valence-electron chi connectivity index (χ1n) is 6.88. The van der Waals surface area contributed by atoms with Gasteiger partial charge in [-0.05, 0) is 44.0 Å². The number of methoxy groups -OCH3 is 1. The summed E-state index contributed by atoms with van der Waals surface area (Å²) in [4.78, 5) is 12.1. The number of benzene rings is 1. The lowest BCUT2D eigenvalue weighted by Gasteiger charge is -2.24. The Morgan fingerprint density at radius 2 is 2.32 bits per heavy atom. The minimum atomic E-state index is -0.0400. The molecule has 1 aromatic rings. The Morgan fingerprint density at radius 1 is 1.47 bits per heavy atom. The van der Waals surface area contributed by atoms with Crippen LogP contribution in [-0.4, -0.2) is 25.6 Å². The van der Waals surface area contributed by atoms with Gasteiger partial charge < -0.3 is 15.4 Å². The molecular weight excluding hydrogens is 240 g/mol. The van der Waals surface area contributed by atoms with Crippen LogP contribution in [0.5, 0.6) is 5.75 Å². The van der Waals surface area contributed by atoms with E-state index in [4.69, 9.17) is 4.74 Å². The van der Waals surface area contributed by atoms with E-state index in [0.29, 0.717) is 0 Å². The molecule has 4 heteroatoms. The molecule has 19 heavy (non-hydrogen) atoms. The predicted molar refractivity (Wildman–Crippen MR) is 75.2 cm³/mol.